The first-order valence-corrected chi connectivity index (χ1v) is 7.52. The third-order valence-corrected chi connectivity index (χ3v) is 4.24. The van der Waals surface area contributed by atoms with E-state index in [-0.39, 0.29) is 0 Å². The predicted octanol–water partition coefficient (Wildman–Crippen LogP) is 3.93. The monoisotopic (exact) mass is 286 g/mol. The van der Waals surface area contributed by atoms with E-state index in [1.807, 2.05) is 12.1 Å². The van der Waals surface area contributed by atoms with Crippen LogP contribution in [0.2, 0.25) is 5.02 Å². The summed E-state index contributed by atoms with van der Waals surface area (Å²) in [6.07, 6.45) is 3.14. The second-order valence-electron chi connectivity index (χ2n) is 5.16. The number of fused-ring (bicyclic) bond motifs is 1. The fourth-order valence-corrected chi connectivity index (χ4v) is 3.24. The molecule has 2 aromatic carbocycles. The zero-order valence-corrected chi connectivity index (χ0v) is 12.2. The van der Waals surface area contributed by atoms with E-state index < -0.39 is 0 Å². The highest BCUT2D eigenvalue weighted by Crippen LogP contribution is 2.37. The van der Waals surface area contributed by atoms with Gasteiger partial charge in [0.25, 0.3) is 0 Å². The molecule has 0 saturated carbocycles. The Kier molecular flexibility index (Phi) is 3.95. The first-order valence-electron chi connectivity index (χ1n) is 7.14. The number of rotatable bonds is 3. The van der Waals surface area contributed by atoms with Crippen molar-refractivity contribution >= 4 is 23.0 Å². The van der Waals surface area contributed by atoms with Crippen LogP contribution in [-0.4, -0.2) is 13.1 Å². The molecular formula is C17H19ClN2. The van der Waals surface area contributed by atoms with E-state index in [1.54, 1.807) is 0 Å². The minimum absolute atomic E-state index is 0.617. The Morgan fingerprint density at radius 3 is 2.70 bits per heavy atom. The quantitative estimate of drug-likeness (QED) is 0.926. The van der Waals surface area contributed by atoms with Gasteiger partial charge in [0.2, 0.25) is 0 Å². The van der Waals surface area contributed by atoms with Crippen LogP contribution in [0.15, 0.2) is 42.5 Å². The number of anilines is 2. The lowest BCUT2D eigenvalue weighted by Crippen LogP contribution is -2.25. The summed E-state index contributed by atoms with van der Waals surface area (Å²) >= 11 is 6.37. The van der Waals surface area contributed by atoms with Gasteiger partial charge in [-0.05, 0) is 55.1 Å². The molecule has 0 saturated heterocycles. The maximum atomic E-state index is 6.37. The van der Waals surface area contributed by atoms with Crippen LogP contribution in [-0.2, 0) is 12.8 Å². The van der Waals surface area contributed by atoms with Crippen LogP contribution in [0.4, 0.5) is 11.4 Å². The van der Waals surface area contributed by atoms with Gasteiger partial charge in [0, 0.05) is 22.9 Å². The van der Waals surface area contributed by atoms with Crippen molar-refractivity contribution in [2.45, 2.75) is 19.3 Å². The summed E-state index contributed by atoms with van der Waals surface area (Å²) in [5, 5.41) is 0.816. The molecule has 3 rings (SSSR count). The van der Waals surface area contributed by atoms with Gasteiger partial charge < -0.3 is 10.6 Å². The third-order valence-electron chi connectivity index (χ3n) is 3.89. The van der Waals surface area contributed by atoms with Gasteiger partial charge in [0.05, 0.1) is 0 Å². The van der Waals surface area contributed by atoms with E-state index in [0.29, 0.717) is 6.54 Å². The van der Waals surface area contributed by atoms with Gasteiger partial charge in [-0.25, -0.2) is 0 Å². The molecule has 0 spiro atoms. The van der Waals surface area contributed by atoms with Crippen molar-refractivity contribution in [2.75, 3.05) is 18.0 Å². The Morgan fingerprint density at radius 2 is 1.85 bits per heavy atom. The molecule has 20 heavy (non-hydrogen) atoms. The Morgan fingerprint density at radius 1 is 1.05 bits per heavy atom. The van der Waals surface area contributed by atoms with Crippen molar-refractivity contribution in [3.63, 3.8) is 0 Å². The SMILES string of the molecule is NCCc1c(Cl)cccc1N1CCCc2ccccc21. The molecular weight excluding hydrogens is 268 g/mol. The molecule has 1 heterocycles. The van der Waals surface area contributed by atoms with Crippen molar-refractivity contribution < 1.29 is 0 Å². The van der Waals surface area contributed by atoms with Crippen molar-refractivity contribution in [2.24, 2.45) is 5.73 Å². The highest BCUT2D eigenvalue weighted by molar-refractivity contribution is 6.31. The normalized spacial score (nSPS) is 14.2. The number of para-hydroxylation sites is 1. The van der Waals surface area contributed by atoms with E-state index >= 15 is 0 Å². The molecule has 2 N–H and O–H groups in total. The van der Waals surface area contributed by atoms with Gasteiger partial charge in [-0.1, -0.05) is 35.9 Å². The summed E-state index contributed by atoms with van der Waals surface area (Å²) in [4.78, 5) is 2.38. The average molecular weight is 287 g/mol. The smallest absolute Gasteiger partial charge is 0.0459 e. The molecule has 2 nitrogen and oxygen atoms in total. The lowest BCUT2D eigenvalue weighted by Gasteiger charge is -2.33. The van der Waals surface area contributed by atoms with Gasteiger partial charge in [-0.3, -0.25) is 0 Å². The number of aryl methyl sites for hydroxylation is 1. The van der Waals surface area contributed by atoms with Crippen molar-refractivity contribution in [1.82, 2.24) is 0 Å². The maximum absolute atomic E-state index is 6.37. The van der Waals surface area contributed by atoms with E-state index in [0.717, 1.165) is 30.0 Å². The fourth-order valence-electron chi connectivity index (χ4n) is 2.98. The van der Waals surface area contributed by atoms with Crippen molar-refractivity contribution in [3.8, 4) is 0 Å². The minimum Gasteiger partial charge on any atom is -0.341 e. The molecule has 3 heteroatoms. The van der Waals surface area contributed by atoms with E-state index in [9.17, 15) is 0 Å². The summed E-state index contributed by atoms with van der Waals surface area (Å²) in [5.74, 6) is 0. The summed E-state index contributed by atoms with van der Waals surface area (Å²) in [5.41, 5.74) is 10.8. The lowest BCUT2D eigenvalue weighted by molar-refractivity contribution is 0.763. The van der Waals surface area contributed by atoms with Crippen LogP contribution in [0.25, 0.3) is 0 Å². The minimum atomic E-state index is 0.617. The van der Waals surface area contributed by atoms with Gasteiger partial charge in [0.15, 0.2) is 0 Å². The van der Waals surface area contributed by atoms with Gasteiger partial charge in [-0.15, -0.1) is 0 Å². The molecule has 2 aromatic rings. The Bertz CT molecular complexity index is 610. The first-order chi connectivity index (χ1) is 9.81. The molecule has 104 valence electrons. The van der Waals surface area contributed by atoms with Crippen LogP contribution in [0.5, 0.6) is 0 Å². The van der Waals surface area contributed by atoms with Crippen molar-refractivity contribution in [1.29, 1.82) is 0 Å². The number of nitrogens with two attached hydrogens (primary N) is 1. The zero-order chi connectivity index (χ0) is 13.9. The predicted molar refractivity (Wildman–Crippen MR) is 86.0 cm³/mol. The zero-order valence-electron chi connectivity index (χ0n) is 11.5. The van der Waals surface area contributed by atoms with Gasteiger partial charge in [0.1, 0.15) is 0 Å². The molecule has 0 atom stereocenters. The van der Waals surface area contributed by atoms with Crippen LogP contribution < -0.4 is 10.6 Å². The molecule has 0 bridgehead atoms. The van der Waals surface area contributed by atoms with Crippen LogP contribution in [0.1, 0.15) is 17.5 Å². The van der Waals surface area contributed by atoms with Gasteiger partial charge in [-0.2, -0.15) is 0 Å². The second-order valence-corrected chi connectivity index (χ2v) is 5.57. The van der Waals surface area contributed by atoms with Crippen LogP contribution in [0.3, 0.4) is 0 Å². The number of benzene rings is 2. The molecule has 0 aliphatic carbocycles. The summed E-state index contributed by atoms with van der Waals surface area (Å²) in [6, 6.07) is 14.8. The Balaban J connectivity index is 2.08. The van der Waals surface area contributed by atoms with Crippen LogP contribution in [0, 0.1) is 0 Å². The average Bonchev–Trinajstić information content (AvgIpc) is 2.49. The summed E-state index contributed by atoms with van der Waals surface area (Å²) in [7, 11) is 0. The number of halogens is 1. The topological polar surface area (TPSA) is 29.3 Å². The standard InChI is InChI=1S/C17H19ClN2/c18-15-7-3-9-17(14(15)10-11-19)20-12-4-6-13-5-1-2-8-16(13)20/h1-3,5,7-9H,4,6,10-12,19H2. The molecule has 1 aliphatic rings. The lowest BCUT2D eigenvalue weighted by atomic mass is 9.99. The molecule has 1 aliphatic heterocycles. The third kappa shape index (κ3) is 2.41. The molecule has 0 amide bonds. The van der Waals surface area contributed by atoms with Crippen LogP contribution >= 0.6 is 11.6 Å². The summed E-state index contributed by atoms with van der Waals surface area (Å²) < 4.78 is 0. The second kappa shape index (κ2) is 5.86. The maximum Gasteiger partial charge on any atom is 0.0459 e. The van der Waals surface area contributed by atoms with Crippen molar-refractivity contribution in [3.05, 3.63) is 58.6 Å². The van der Waals surface area contributed by atoms with E-state index in [1.165, 1.54) is 23.4 Å². The molecule has 0 unspecified atom stereocenters. The van der Waals surface area contributed by atoms with E-state index in [4.69, 9.17) is 17.3 Å². The largest absolute Gasteiger partial charge is 0.341 e. The Labute approximate surface area is 125 Å². The first kappa shape index (κ1) is 13.5. The number of hydrogen-bond donors (Lipinski definition) is 1. The summed E-state index contributed by atoms with van der Waals surface area (Å²) in [6.45, 7) is 1.65. The highest BCUT2D eigenvalue weighted by atomic mass is 35.5. The number of hydrogen-bond acceptors (Lipinski definition) is 2. The molecule has 0 aromatic heterocycles. The number of nitrogens with zero attached hydrogens (tertiary/aromatic N) is 1. The van der Waals surface area contributed by atoms with Gasteiger partial charge >= 0.3 is 0 Å². The highest BCUT2D eigenvalue weighted by Gasteiger charge is 2.20. The Hall–Kier alpha value is -1.51. The molecule has 0 fully saturated rings. The van der Waals surface area contributed by atoms with E-state index in [2.05, 4.69) is 35.2 Å². The fraction of sp³-hybridized carbons (Fsp3) is 0.294. The molecule has 0 radical (unpaired) electrons.